The van der Waals surface area contributed by atoms with Gasteiger partial charge in [-0.15, -0.1) is 0 Å². The molecule has 2 rings (SSSR count). The van der Waals surface area contributed by atoms with Gasteiger partial charge in [0.25, 0.3) is 0 Å². The van der Waals surface area contributed by atoms with Crippen molar-refractivity contribution in [2.45, 2.75) is 51.5 Å². The summed E-state index contributed by atoms with van der Waals surface area (Å²) in [5.74, 6) is -0.308. The van der Waals surface area contributed by atoms with Crippen LogP contribution < -0.4 is 5.32 Å². The summed E-state index contributed by atoms with van der Waals surface area (Å²) in [5, 5.41) is 3.29. The molecule has 2 aliphatic heterocycles. The minimum Gasteiger partial charge on any atom is -0.349 e. The van der Waals surface area contributed by atoms with Crippen LogP contribution in [0.2, 0.25) is 0 Å². The first-order valence-corrected chi connectivity index (χ1v) is 6.81. The largest absolute Gasteiger partial charge is 0.349 e. The number of carbonyl (C=O) groups excluding carboxylic acids is 1. The predicted molar refractivity (Wildman–Crippen MR) is 68.2 cm³/mol. The van der Waals surface area contributed by atoms with E-state index in [0.29, 0.717) is 13.2 Å². The van der Waals surface area contributed by atoms with Gasteiger partial charge in [-0.2, -0.15) is 0 Å². The van der Waals surface area contributed by atoms with Gasteiger partial charge in [0.2, 0.25) is 5.91 Å². The minimum absolute atomic E-state index is 0.0968. The van der Waals surface area contributed by atoms with Crippen LogP contribution in [0.25, 0.3) is 0 Å². The first-order chi connectivity index (χ1) is 8.48. The van der Waals surface area contributed by atoms with Gasteiger partial charge >= 0.3 is 0 Å². The average Bonchev–Trinajstić information content (AvgIpc) is 2.84. The van der Waals surface area contributed by atoms with Gasteiger partial charge in [-0.1, -0.05) is 0 Å². The van der Waals surface area contributed by atoms with Crippen LogP contribution >= 0.6 is 0 Å². The van der Waals surface area contributed by atoms with Gasteiger partial charge in [-0.3, -0.25) is 10.1 Å². The molecule has 0 aliphatic carbocycles. The van der Waals surface area contributed by atoms with E-state index in [1.54, 1.807) is 0 Å². The molecule has 0 aromatic rings. The van der Waals surface area contributed by atoms with Crippen LogP contribution in [0, 0.1) is 0 Å². The maximum Gasteiger partial charge on any atom is 0.239 e. The average molecular weight is 256 g/mol. The van der Waals surface area contributed by atoms with Crippen LogP contribution in [0.5, 0.6) is 0 Å². The standard InChI is InChI=1S/C13H24N2O3/c1-10(12(16)15-6-4-5-7-15)14-11-8-17-13(2,3)18-9-11/h10-11,14H,4-9H2,1-3H3. The number of hydrogen-bond donors (Lipinski definition) is 1. The topological polar surface area (TPSA) is 50.8 Å². The molecule has 104 valence electrons. The summed E-state index contributed by atoms with van der Waals surface area (Å²) in [6.45, 7) is 8.70. The highest BCUT2D eigenvalue weighted by Gasteiger charge is 2.31. The van der Waals surface area contributed by atoms with Crippen molar-refractivity contribution in [3.63, 3.8) is 0 Å². The van der Waals surface area contributed by atoms with E-state index >= 15 is 0 Å². The Kier molecular flexibility index (Phi) is 4.25. The zero-order valence-electron chi connectivity index (χ0n) is 11.6. The fourth-order valence-electron chi connectivity index (χ4n) is 2.42. The van der Waals surface area contributed by atoms with E-state index in [1.165, 1.54) is 0 Å². The molecule has 1 amide bonds. The molecule has 5 heteroatoms. The molecule has 2 heterocycles. The summed E-state index contributed by atoms with van der Waals surface area (Å²) < 4.78 is 11.1. The van der Waals surface area contributed by atoms with Crippen LogP contribution in [0.4, 0.5) is 0 Å². The molecular formula is C13H24N2O3. The highest BCUT2D eigenvalue weighted by molar-refractivity contribution is 5.81. The lowest BCUT2D eigenvalue weighted by Gasteiger charge is -2.36. The van der Waals surface area contributed by atoms with E-state index in [-0.39, 0.29) is 18.0 Å². The van der Waals surface area contributed by atoms with Gasteiger partial charge in [0.05, 0.1) is 25.3 Å². The van der Waals surface area contributed by atoms with E-state index < -0.39 is 5.79 Å². The molecule has 2 fully saturated rings. The molecule has 0 aromatic heterocycles. The van der Waals surface area contributed by atoms with Crippen molar-refractivity contribution >= 4 is 5.91 Å². The number of nitrogens with zero attached hydrogens (tertiary/aromatic N) is 1. The molecule has 18 heavy (non-hydrogen) atoms. The van der Waals surface area contributed by atoms with Crippen molar-refractivity contribution in [3.05, 3.63) is 0 Å². The second-order valence-electron chi connectivity index (χ2n) is 5.64. The monoisotopic (exact) mass is 256 g/mol. The Morgan fingerprint density at radius 3 is 2.39 bits per heavy atom. The van der Waals surface area contributed by atoms with Crippen LogP contribution in [0.3, 0.4) is 0 Å². The third-order valence-corrected chi connectivity index (χ3v) is 3.54. The lowest BCUT2D eigenvalue weighted by Crippen LogP contribution is -2.54. The van der Waals surface area contributed by atoms with Gasteiger partial charge in [0, 0.05) is 13.1 Å². The Labute approximate surface area is 109 Å². The third-order valence-electron chi connectivity index (χ3n) is 3.54. The molecule has 0 aromatic carbocycles. The van der Waals surface area contributed by atoms with E-state index in [4.69, 9.17) is 9.47 Å². The minimum atomic E-state index is -0.500. The molecular weight excluding hydrogens is 232 g/mol. The Bertz CT molecular complexity index is 291. The molecule has 0 radical (unpaired) electrons. The highest BCUT2D eigenvalue weighted by Crippen LogP contribution is 2.17. The normalized spacial score (nSPS) is 26.3. The van der Waals surface area contributed by atoms with Gasteiger partial charge in [0.1, 0.15) is 0 Å². The number of hydrogen-bond acceptors (Lipinski definition) is 4. The first kappa shape index (κ1) is 13.8. The molecule has 1 atom stereocenters. The van der Waals surface area contributed by atoms with Gasteiger partial charge < -0.3 is 14.4 Å². The lowest BCUT2D eigenvalue weighted by molar-refractivity contribution is -0.253. The maximum atomic E-state index is 12.1. The van der Waals surface area contributed by atoms with Crippen LogP contribution in [-0.4, -0.2) is 55.0 Å². The summed E-state index contributed by atoms with van der Waals surface area (Å²) in [7, 11) is 0. The molecule has 2 aliphatic rings. The smallest absolute Gasteiger partial charge is 0.239 e. The summed E-state index contributed by atoms with van der Waals surface area (Å²) in [6, 6.07) is -0.0684. The zero-order valence-corrected chi connectivity index (χ0v) is 11.6. The van der Waals surface area contributed by atoms with E-state index in [0.717, 1.165) is 25.9 Å². The van der Waals surface area contributed by atoms with Gasteiger partial charge in [-0.25, -0.2) is 0 Å². The summed E-state index contributed by atoms with van der Waals surface area (Å²) in [4.78, 5) is 14.1. The van der Waals surface area contributed by atoms with Gasteiger partial charge in [0.15, 0.2) is 5.79 Å². The highest BCUT2D eigenvalue weighted by atomic mass is 16.7. The number of rotatable bonds is 3. The molecule has 1 unspecified atom stereocenters. The second-order valence-corrected chi connectivity index (χ2v) is 5.64. The first-order valence-electron chi connectivity index (χ1n) is 6.81. The fourth-order valence-corrected chi connectivity index (χ4v) is 2.42. The number of amides is 1. The molecule has 5 nitrogen and oxygen atoms in total. The predicted octanol–water partition coefficient (Wildman–Crippen LogP) is 0.738. The Hall–Kier alpha value is -0.650. The van der Waals surface area contributed by atoms with E-state index in [2.05, 4.69) is 5.32 Å². The zero-order chi connectivity index (χ0) is 13.2. The Morgan fingerprint density at radius 2 is 1.83 bits per heavy atom. The van der Waals surface area contributed by atoms with E-state index in [9.17, 15) is 4.79 Å². The Morgan fingerprint density at radius 1 is 1.28 bits per heavy atom. The molecule has 0 saturated carbocycles. The number of nitrogens with one attached hydrogen (secondary N) is 1. The second kappa shape index (κ2) is 5.55. The van der Waals surface area contributed by atoms with Crippen molar-refractivity contribution in [2.75, 3.05) is 26.3 Å². The quantitative estimate of drug-likeness (QED) is 0.809. The SMILES string of the molecule is CC(NC1COC(C)(C)OC1)C(=O)N1CCCC1. The van der Waals surface area contributed by atoms with Crippen LogP contribution in [0.15, 0.2) is 0 Å². The summed E-state index contributed by atoms with van der Waals surface area (Å²) >= 11 is 0. The van der Waals surface area contributed by atoms with Crippen molar-refractivity contribution in [1.82, 2.24) is 10.2 Å². The fraction of sp³-hybridized carbons (Fsp3) is 0.923. The molecule has 0 spiro atoms. The molecule has 0 bridgehead atoms. The lowest BCUT2D eigenvalue weighted by atomic mass is 10.2. The van der Waals surface area contributed by atoms with Crippen LogP contribution in [-0.2, 0) is 14.3 Å². The summed E-state index contributed by atoms with van der Waals surface area (Å²) in [6.07, 6.45) is 2.25. The summed E-state index contributed by atoms with van der Waals surface area (Å²) in [5.41, 5.74) is 0. The maximum absolute atomic E-state index is 12.1. The number of carbonyl (C=O) groups is 1. The van der Waals surface area contributed by atoms with Crippen molar-refractivity contribution < 1.29 is 14.3 Å². The van der Waals surface area contributed by atoms with E-state index in [1.807, 2.05) is 25.7 Å². The van der Waals surface area contributed by atoms with Crippen LogP contribution in [0.1, 0.15) is 33.6 Å². The van der Waals surface area contributed by atoms with Crippen molar-refractivity contribution in [1.29, 1.82) is 0 Å². The van der Waals surface area contributed by atoms with Crippen molar-refractivity contribution in [2.24, 2.45) is 0 Å². The number of likely N-dealkylation sites (tertiary alicyclic amines) is 1. The third kappa shape index (κ3) is 3.43. The number of ether oxygens (including phenoxy) is 2. The Balaban J connectivity index is 1.77. The van der Waals surface area contributed by atoms with Crippen molar-refractivity contribution in [3.8, 4) is 0 Å². The van der Waals surface area contributed by atoms with Gasteiger partial charge in [-0.05, 0) is 33.6 Å². The molecule has 1 N–H and O–H groups in total. The molecule has 2 saturated heterocycles.